The number of aryl methyl sites for hydroxylation is 6. The van der Waals surface area contributed by atoms with E-state index in [1.807, 2.05) is 12.4 Å². The van der Waals surface area contributed by atoms with E-state index in [2.05, 4.69) is 251 Å². The maximum absolute atomic E-state index is 5.14. The average Bonchev–Trinajstić information content (AvgIpc) is 2.35. The molecule has 0 spiro atoms. The third kappa shape index (κ3) is 6.46. The fraction of sp³-hybridized carbons (Fsp3) is 0.0789. The van der Waals surface area contributed by atoms with Gasteiger partial charge in [0.2, 0.25) is 0 Å². The number of para-hydroxylation sites is 4. The molecular formula is C76H52N6. The van der Waals surface area contributed by atoms with Gasteiger partial charge in [0.15, 0.2) is 0 Å². The van der Waals surface area contributed by atoms with Gasteiger partial charge in [0.05, 0.1) is 44.1 Å². The summed E-state index contributed by atoms with van der Waals surface area (Å²) in [6.07, 6.45) is 7.72. The van der Waals surface area contributed by atoms with Gasteiger partial charge in [-0.25, -0.2) is 9.97 Å². The minimum atomic E-state index is 0.939. The summed E-state index contributed by atoms with van der Waals surface area (Å²) in [5.74, 6) is 1.91. The molecule has 6 aromatic heterocycles. The Bertz CT molecular complexity index is 5080. The van der Waals surface area contributed by atoms with E-state index in [1.54, 1.807) is 0 Å². The van der Waals surface area contributed by atoms with Crippen LogP contribution in [0.1, 0.15) is 33.4 Å². The van der Waals surface area contributed by atoms with Gasteiger partial charge in [-0.05, 0) is 228 Å². The maximum atomic E-state index is 5.14. The SMILES string of the molecule is Cc1ccnc(-n2c3ccc(-c4ccc5c(c4)c4ccccc4n5-c4ccccc4)cc3c3cc4c5c(c32)CCc2cc3c6cc(-c7ccc8c(c7)c7ccccc7n8-c7ccccc7)ccc6n(-c6cc(C)ccn6)c3c(c2-5)CC4)c1. The second-order valence-electron chi connectivity index (χ2n) is 22.9. The number of pyridine rings is 2. The fourth-order valence-electron chi connectivity index (χ4n) is 14.8. The van der Waals surface area contributed by atoms with Gasteiger partial charge in [-0.1, -0.05) is 97.1 Å². The Balaban J connectivity index is 0.840. The number of hydrogen-bond acceptors (Lipinski definition) is 2. The minimum Gasteiger partial charge on any atom is -0.309 e. The molecule has 0 aliphatic heterocycles. The van der Waals surface area contributed by atoms with E-state index in [9.17, 15) is 0 Å². The highest BCUT2D eigenvalue weighted by Gasteiger charge is 2.33. The van der Waals surface area contributed by atoms with Crippen LogP contribution in [-0.4, -0.2) is 28.2 Å². The molecule has 2 aliphatic carbocycles. The third-order valence-electron chi connectivity index (χ3n) is 18.3. The molecule has 0 atom stereocenters. The summed E-state index contributed by atoms with van der Waals surface area (Å²) in [6.45, 7) is 4.36. The highest BCUT2D eigenvalue weighted by atomic mass is 15.1. The van der Waals surface area contributed by atoms with Crippen LogP contribution in [0, 0.1) is 13.8 Å². The molecule has 6 heterocycles. The van der Waals surface area contributed by atoms with Gasteiger partial charge in [-0.2, -0.15) is 0 Å². The number of benzene rings is 10. The van der Waals surface area contributed by atoms with Crippen LogP contribution >= 0.6 is 0 Å². The summed E-state index contributed by atoms with van der Waals surface area (Å²) in [4.78, 5) is 10.3. The van der Waals surface area contributed by atoms with E-state index in [1.165, 1.54) is 165 Å². The van der Waals surface area contributed by atoms with Crippen molar-refractivity contribution in [3.05, 3.63) is 264 Å². The fourth-order valence-corrected chi connectivity index (χ4v) is 14.8. The van der Waals surface area contributed by atoms with Crippen LogP contribution in [0.15, 0.2) is 231 Å². The van der Waals surface area contributed by atoms with Crippen LogP contribution in [0.4, 0.5) is 0 Å². The highest BCUT2D eigenvalue weighted by molar-refractivity contribution is 6.18. The number of rotatable bonds is 6. The Morgan fingerprint density at radius 3 is 1.05 bits per heavy atom. The lowest BCUT2D eigenvalue weighted by atomic mass is 9.74. The van der Waals surface area contributed by atoms with Crippen molar-refractivity contribution in [3.63, 3.8) is 0 Å². The molecule has 386 valence electrons. The second-order valence-corrected chi connectivity index (χ2v) is 22.9. The summed E-state index contributed by atoms with van der Waals surface area (Å²) >= 11 is 0. The van der Waals surface area contributed by atoms with Crippen LogP contribution < -0.4 is 0 Å². The molecule has 16 aromatic rings. The zero-order valence-corrected chi connectivity index (χ0v) is 45.5. The molecule has 0 amide bonds. The maximum Gasteiger partial charge on any atom is 0.137 e. The van der Waals surface area contributed by atoms with Crippen LogP contribution in [0.3, 0.4) is 0 Å². The second kappa shape index (κ2) is 17.1. The van der Waals surface area contributed by atoms with Gasteiger partial charge in [-0.15, -0.1) is 0 Å². The monoisotopic (exact) mass is 1050 g/mol. The van der Waals surface area contributed by atoms with Gasteiger partial charge >= 0.3 is 0 Å². The van der Waals surface area contributed by atoms with Crippen molar-refractivity contribution < 1.29 is 0 Å². The van der Waals surface area contributed by atoms with Crippen molar-refractivity contribution in [2.45, 2.75) is 39.5 Å². The van der Waals surface area contributed by atoms with Gasteiger partial charge in [0.1, 0.15) is 11.6 Å². The van der Waals surface area contributed by atoms with Crippen molar-refractivity contribution in [1.82, 2.24) is 28.2 Å². The molecular weight excluding hydrogens is 997 g/mol. The average molecular weight is 1050 g/mol. The lowest BCUT2D eigenvalue weighted by Gasteiger charge is -2.31. The Hall–Kier alpha value is -10.3. The molecule has 0 N–H and O–H groups in total. The minimum absolute atomic E-state index is 0.939. The first-order valence-corrected chi connectivity index (χ1v) is 28.8. The lowest BCUT2D eigenvalue weighted by molar-refractivity contribution is 0.881. The van der Waals surface area contributed by atoms with Gasteiger partial charge in [0.25, 0.3) is 0 Å². The Labute approximate surface area is 473 Å². The smallest absolute Gasteiger partial charge is 0.137 e. The predicted molar refractivity (Wildman–Crippen MR) is 340 cm³/mol. The molecule has 6 heteroatoms. The molecule has 0 bridgehead atoms. The zero-order chi connectivity index (χ0) is 53.9. The highest BCUT2D eigenvalue weighted by Crippen LogP contribution is 2.52. The largest absolute Gasteiger partial charge is 0.309 e. The van der Waals surface area contributed by atoms with Gasteiger partial charge in [0, 0.05) is 66.9 Å². The van der Waals surface area contributed by atoms with E-state index in [0.717, 1.165) is 37.3 Å². The normalized spacial score (nSPS) is 13.0. The van der Waals surface area contributed by atoms with E-state index in [0.29, 0.717) is 0 Å². The summed E-state index contributed by atoms with van der Waals surface area (Å²) in [6, 6.07) is 81.3. The number of nitrogens with zero attached hydrogens (tertiary/aromatic N) is 6. The zero-order valence-electron chi connectivity index (χ0n) is 45.5. The molecule has 0 radical (unpaired) electrons. The van der Waals surface area contributed by atoms with Crippen molar-refractivity contribution in [2.75, 3.05) is 0 Å². The van der Waals surface area contributed by atoms with Crippen LogP contribution in [0.25, 0.3) is 144 Å². The molecule has 18 rings (SSSR count). The molecule has 10 aromatic carbocycles. The number of fused-ring (bicyclic) bond motifs is 14. The quantitative estimate of drug-likeness (QED) is 0.167. The third-order valence-corrected chi connectivity index (χ3v) is 18.3. The number of aromatic nitrogens is 6. The molecule has 0 saturated heterocycles. The molecule has 82 heavy (non-hydrogen) atoms. The topological polar surface area (TPSA) is 45.5 Å². The van der Waals surface area contributed by atoms with Crippen molar-refractivity contribution in [1.29, 1.82) is 0 Å². The molecule has 0 saturated carbocycles. The summed E-state index contributed by atoms with van der Waals surface area (Å²) in [5.41, 5.74) is 27.9. The summed E-state index contributed by atoms with van der Waals surface area (Å²) < 4.78 is 9.76. The molecule has 6 nitrogen and oxygen atoms in total. The van der Waals surface area contributed by atoms with Gasteiger partial charge < -0.3 is 9.13 Å². The standard InChI is InChI=1S/C76H52N6/c1-45-33-35-77-71(37-45)81-69-31-25-49(47-23-29-67-59(39-47)55-17-9-11-19-65(55)79(67)53-13-5-3-6-14-53)41-61(69)63-43-51-22-28-58-74-52(21-27-57(73(51)74)75(63)81)44-64-62-42-50(26-32-70(62)82(76(58)64)72-38-46(2)34-36-78-72)48-24-30-68-60(40-48)56-18-10-12-20-66(56)80(68)54-15-7-4-8-16-54/h3-20,23-26,29-44H,21-22,27-28H2,1-2H3. The van der Waals surface area contributed by atoms with E-state index in [-0.39, 0.29) is 0 Å². The summed E-state index contributed by atoms with van der Waals surface area (Å²) in [7, 11) is 0. The van der Waals surface area contributed by atoms with Crippen LogP contribution in [0.5, 0.6) is 0 Å². The Morgan fingerprint density at radius 1 is 0.293 bits per heavy atom. The lowest BCUT2D eigenvalue weighted by Crippen LogP contribution is -2.16. The van der Waals surface area contributed by atoms with Crippen LogP contribution in [0.2, 0.25) is 0 Å². The van der Waals surface area contributed by atoms with Crippen molar-refractivity contribution in [3.8, 4) is 56.4 Å². The van der Waals surface area contributed by atoms with Crippen molar-refractivity contribution in [2.24, 2.45) is 0 Å². The van der Waals surface area contributed by atoms with E-state index in [4.69, 9.17) is 9.97 Å². The van der Waals surface area contributed by atoms with Crippen molar-refractivity contribution >= 4 is 87.2 Å². The predicted octanol–water partition coefficient (Wildman–Crippen LogP) is 18.7. The first-order chi connectivity index (χ1) is 40.5. The van der Waals surface area contributed by atoms with E-state index >= 15 is 0 Å². The molecule has 0 unspecified atom stereocenters. The Morgan fingerprint density at radius 2 is 0.646 bits per heavy atom. The summed E-state index contributed by atoms with van der Waals surface area (Å²) in [5, 5.41) is 10.1. The number of hydrogen-bond donors (Lipinski definition) is 0. The Kier molecular flexibility index (Phi) is 9.50. The first kappa shape index (κ1) is 45.6. The van der Waals surface area contributed by atoms with E-state index < -0.39 is 0 Å². The van der Waals surface area contributed by atoms with Gasteiger partial charge in [-0.3, -0.25) is 9.13 Å². The molecule has 2 aliphatic rings. The molecule has 0 fully saturated rings. The van der Waals surface area contributed by atoms with Crippen LogP contribution in [-0.2, 0) is 25.7 Å². The first-order valence-electron chi connectivity index (χ1n) is 28.8.